The Morgan fingerprint density at radius 1 is 1.07 bits per heavy atom. The van der Waals surface area contributed by atoms with Gasteiger partial charge in [-0.2, -0.15) is 13.2 Å². The molecule has 0 unspecified atom stereocenters. The number of nitrogens with zero attached hydrogens (tertiary/aromatic N) is 7. The molecule has 3 aromatic heterocycles. The molecule has 1 aromatic carbocycles. The van der Waals surface area contributed by atoms with Crippen molar-refractivity contribution in [2.75, 3.05) is 50.0 Å². The predicted octanol–water partition coefficient (Wildman–Crippen LogP) is 4.60. The Labute approximate surface area is 241 Å². The zero-order valence-electron chi connectivity index (χ0n) is 23.2. The lowest BCUT2D eigenvalue weighted by molar-refractivity contribution is -0.162. The largest absolute Gasteiger partial charge is 0.397 e. The average Bonchev–Trinajstić information content (AvgIpc) is 3.68. The lowest BCUT2D eigenvalue weighted by atomic mass is 10.1. The van der Waals surface area contributed by atoms with Crippen molar-refractivity contribution in [3.8, 4) is 11.3 Å². The van der Waals surface area contributed by atoms with E-state index in [4.69, 9.17) is 0 Å². The molecule has 42 heavy (non-hydrogen) atoms. The number of rotatable bonds is 9. The van der Waals surface area contributed by atoms with Gasteiger partial charge in [0.2, 0.25) is 11.9 Å². The molecule has 1 saturated carbocycles. The maximum absolute atomic E-state index is 12.6. The van der Waals surface area contributed by atoms with E-state index in [1.54, 1.807) is 12.5 Å². The Balaban J connectivity index is 1.08. The number of imidazole rings is 1. The van der Waals surface area contributed by atoms with Crippen molar-refractivity contribution >= 4 is 34.5 Å². The summed E-state index contributed by atoms with van der Waals surface area (Å²) in [5.74, 6) is 1.97. The molecule has 2 aliphatic rings. The van der Waals surface area contributed by atoms with Crippen molar-refractivity contribution in [3.05, 3.63) is 54.5 Å². The van der Waals surface area contributed by atoms with Crippen molar-refractivity contribution in [3.63, 3.8) is 0 Å². The van der Waals surface area contributed by atoms with E-state index in [2.05, 4.69) is 47.1 Å². The molecule has 0 atom stereocenters. The van der Waals surface area contributed by atoms with Crippen LogP contribution >= 0.6 is 0 Å². The van der Waals surface area contributed by atoms with Crippen molar-refractivity contribution < 1.29 is 18.0 Å². The van der Waals surface area contributed by atoms with E-state index in [-0.39, 0.29) is 13.1 Å². The van der Waals surface area contributed by atoms with Gasteiger partial charge < -0.3 is 20.1 Å². The molecule has 220 valence electrons. The molecule has 1 amide bonds. The van der Waals surface area contributed by atoms with E-state index < -0.39 is 18.5 Å². The Kier molecular flexibility index (Phi) is 7.67. The summed E-state index contributed by atoms with van der Waals surface area (Å²) in [6.07, 6.45) is -0.0177. The van der Waals surface area contributed by atoms with Gasteiger partial charge in [-0.25, -0.2) is 19.9 Å². The fourth-order valence-corrected chi connectivity index (χ4v) is 5.18. The molecule has 10 nitrogen and oxygen atoms in total. The predicted molar refractivity (Wildman–Crippen MR) is 153 cm³/mol. The van der Waals surface area contributed by atoms with Gasteiger partial charge in [0.05, 0.1) is 16.7 Å². The second kappa shape index (κ2) is 11.6. The van der Waals surface area contributed by atoms with Crippen LogP contribution in [0.2, 0.25) is 0 Å². The minimum absolute atomic E-state index is 0.277. The number of anilines is 3. The third-order valence-electron chi connectivity index (χ3n) is 7.60. The van der Waals surface area contributed by atoms with Crippen LogP contribution in [0.3, 0.4) is 0 Å². The van der Waals surface area contributed by atoms with Crippen LogP contribution < -0.4 is 10.2 Å². The van der Waals surface area contributed by atoms with Crippen LogP contribution in [0, 0.1) is 5.92 Å². The molecule has 1 aliphatic carbocycles. The number of benzene rings is 1. The Morgan fingerprint density at radius 3 is 2.64 bits per heavy atom. The summed E-state index contributed by atoms with van der Waals surface area (Å²) in [4.78, 5) is 38.8. The highest BCUT2D eigenvalue weighted by Gasteiger charge is 2.34. The summed E-state index contributed by atoms with van der Waals surface area (Å²) >= 11 is 0. The highest BCUT2D eigenvalue weighted by molar-refractivity contribution is 5.83. The molecule has 2 fully saturated rings. The van der Waals surface area contributed by atoms with Gasteiger partial charge in [-0.05, 0) is 48.6 Å². The van der Waals surface area contributed by atoms with Crippen LogP contribution in [0.1, 0.15) is 24.8 Å². The lowest BCUT2D eigenvalue weighted by Gasteiger charge is -2.35. The first kappa shape index (κ1) is 27.9. The molecule has 4 heterocycles. The number of aromatic nitrogens is 5. The number of aromatic amines is 1. The van der Waals surface area contributed by atoms with Crippen LogP contribution in [-0.4, -0.2) is 86.6 Å². The number of amides is 1. The summed E-state index contributed by atoms with van der Waals surface area (Å²) in [5.41, 5.74) is 4.45. The van der Waals surface area contributed by atoms with Gasteiger partial charge in [0, 0.05) is 64.1 Å². The number of fused-ring (bicyclic) bond motifs is 1. The molecule has 0 radical (unpaired) electrons. The summed E-state index contributed by atoms with van der Waals surface area (Å²) in [6, 6.07) is 11.8. The fourth-order valence-electron chi connectivity index (χ4n) is 5.18. The molecule has 2 N–H and O–H groups in total. The molecule has 6 rings (SSSR count). The number of pyridine rings is 1. The maximum Gasteiger partial charge on any atom is 0.397 e. The molecular formula is C29H32F3N9O. The summed E-state index contributed by atoms with van der Waals surface area (Å²) in [5, 5.41) is 3.23. The van der Waals surface area contributed by atoms with E-state index in [1.807, 2.05) is 36.4 Å². The van der Waals surface area contributed by atoms with Crippen LogP contribution in [0.5, 0.6) is 0 Å². The Hall–Kier alpha value is -4.26. The van der Waals surface area contributed by atoms with Crippen LogP contribution in [0.25, 0.3) is 22.3 Å². The second-order valence-corrected chi connectivity index (χ2v) is 11.0. The van der Waals surface area contributed by atoms with Crippen molar-refractivity contribution in [1.29, 1.82) is 0 Å². The van der Waals surface area contributed by atoms with Crippen molar-refractivity contribution in [2.45, 2.75) is 32.0 Å². The third kappa shape index (κ3) is 6.96. The van der Waals surface area contributed by atoms with Crippen molar-refractivity contribution in [1.82, 2.24) is 34.7 Å². The topological polar surface area (TPSA) is 106 Å². The third-order valence-corrected chi connectivity index (χ3v) is 7.60. The van der Waals surface area contributed by atoms with E-state index in [1.165, 1.54) is 17.7 Å². The minimum atomic E-state index is -4.48. The molecule has 13 heteroatoms. The number of carbonyl (C=O) groups is 1. The zero-order chi connectivity index (χ0) is 29.3. The number of carbonyl (C=O) groups excluding carboxylic acids is 1. The van der Waals surface area contributed by atoms with E-state index in [9.17, 15) is 18.0 Å². The normalized spacial score (nSPS) is 16.1. The molecule has 0 spiro atoms. The number of hydrogen-bond donors (Lipinski definition) is 2. The average molecular weight is 580 g/mol. The standard InChI is InChI=1S/C29H32F3N9O/c1-39(16-19-2-3-19)26-14-23(34-18-35-26)21-4-5-22-24(13-21)37-28(36-22)38-25-12-20(6-7-33-25)17-40-8-10-41(11-9-40)27(42)15-29(30,31)32/h4-7,12-14,18-19H,2-3,8-11,15-17H2,1H3,(H2,33,36,37,38). The monoisotopic (exact) mass is 579 g/mol. The molecular weight excluding hydrogens is 547 g/mol. The van der Waals surface area contributed by atoms with E-state index >= 15 is 0 Å². The number of piperazine rings is 1. The zero-order valence-corrected chi connectivity index (χ0v) is 23.2. The van der Waals surface area contributed by atoms with Gasteiger partial charge in [0.1, 0.15) is 24.4 Å². The van der Waals surface area contributed by atoms with Gasteiger partial charge in [0.25, 0.3) is 0 Å². The Bertz CT molecular complexity index is 1560. The SMILES string of the molecule is CN(CC1CC1)c1cc(-c2ccc3nc(Nc4cc(CN5CCN(C(=O)CC(F)(F)F)CC5)ccn4)[nH]c3c2)ncn1. The summed E-state index contributed by atoms with van der Waals surface area (Å²) in [7, 11) is 2.06. The second-order valence-electron chi connectivity index (χ2n) is 11.0. The smallest absolute Gasteiger partial charge is 0.359 e. The quantitative estimate of drug-likeness (QED) is 0.297. The minimum Gasteiger partial charge on any atom is -0.359 e. The molecule has 1 saturated heterocycles. The van der Waals surface area contributed by atoms with E-state index in [0.29, 0.717) is 31.4 Å². The first-order valence-electron chi connectivity index (χ1n) is 14.0. The van der Waals surface area contributed by atoms with Gasteiger partial charge in [0.15, 0.2) is 0 Å². The first-order chi connectivity index (χ1) is 20.2. The van der Waals surface area contributed by atoms with Gasteiger partial charge in [-0.15, -0.1) is 0 Å². The highest BCUT2D eigenvalue weighted by atomic mass is 19.4. The highest BCUT2D eigenvalue weighted by Crippen LogP contribution is 2.31. The summed E-state index contributed by atoms with van der Waals surface area (Å²) in [6.45, 7) is 3.16. The number of halogens is 3. The van der Waals surface area contributed by atoms with Crippen LogP contribution in [-0.2, 0) is 11.3 Å². The number of alkyl halides is 3. The van der Waals surface area contributed by atoms with Crippen molar-refractivity contribution in [2.24, 2.45) is 5.92 Å². The molecule has 1 aliphatic heterocycles. The van der Waals surface area contributed by atoms with Crippen LogP contribution in [0.4, 0.5) is 30.8 Å². The lowest BCUT2D eigenvalue weighted by Crippen LogP contribution is -2.49. The molecule has 0 bridgehead atoms. The number of hydrogen-bond acceptors (Lipinski definition) is 8. The van der Waals surface area contributed by atoms with Crippen LogP contribution in [0.15, 0.2) is 48.9 Å². The fraction of sp³-hybridized carbons (Fsp3) is 0.414. The maximum atomic E-state index is 12.6. The Morgan fingerprint density at radius 2 is 1.88 bits per heavy atom. The molecule has 4 aromatic rings. The number of nitrogens with one attached hydrogen (secondary N) is 2. The van der Waals surface area contributed by atoms with Gasteiger partial charge in [-0.1, -0.05) is 6.07 Å². The van der Waals surface area contributed by atoms with Gasteiger partial charge >= 0.3 is 6.18 Å². The number of H-pyrrole nitrogens is 1. The first-order valence-corrected chi connectivity index (χ1v) is 14.0. The summed E-state index contributed by atoms with van der Waals surface area (Å²) < 4.78 is 37.7. The van der Waals surface area contributed by atoms with E-state index in [0.717, 1.165) is 46.1 Å². The van der Waals surface area contributed by atoms with Gasteiger partial charge in [-0.3, -0.25) is 9.69 Å².